The van der Waals surface area contributed by atoms with Crippen molar-refractivity contribution in [3.63, 3.8) is 0 Å². The maximum absolute atomic E-state index is 12.0. The monoisotopic (exact) mass is 304 g/mol. The zero-order valence-corrected chi connectivity index (χ0v) is 12.5. The first-order chi connectivity index (χ1) is 9.90. The van der Waals surface area contributed by atoms with Crippen molar-refractivity contribution in [3.8, 4) is 0 Å². The van der Waals surface area contributed by atoms with Gasteiger partial charge in [0.15, 0.2) is 10.9 Å². The average Bonchev–Trinajstić information content (AvgIpc) is 2.38. The lowest BCUT2D eigenvalue weighted by Gasteiger charge is -2.05. The second kappa shape index (κ2) is 7.95. The van der Waals surface area contributed by atoms with Crippen molar-refractivity contribution >= 4 is 45.0 Å². The standard InChI is InChI=1S/C13H16N6OS/c1-8(14)11(18-19-13(16)21-9(2)15)12(20)17-10-6-4-3-5-7-10/h3-7,14-15H,1-2H3,(H2,16,19)(H,17,20). The van der Waals surface area contributed by atoms with Gasteiger partial charge in [0.2, 0.25) is 0 Å². The summed E-state index contributed by atoms with van der Waals surface area (Å²) in [6, 6.07) is 8.84. The number of rotatable bonds is 4. The molecule has 0 saturated heterocycles. The van der Waals surface area contributed by atoms with Crippen LogP contribution in [-0.2, 0) is 4.79 Å². The largest absolute Gasteiger partial charge is 0.376 e. The first kappa shape index (κ1) is 16.6. The Morgan fingerprint density at radius 1 is 1.19 bits per heavy atom. The number of nitrogens with one attached hydrogen (secondary N) is 3. The number of hydrogen-bond acceptors (Lipinski definition) is 6. The van der Waals surface area contributed by atoms with Crippen LogP contribution in [0.25, 0.3) is 0 Å². The maximum Gasteiger partial charge on any atom is 0.278 e. The highest BCUT2D eigenvalue weighted by atomic mass is 32.2. The Bertz CT molecular complexity index is 608. The topological polar surface area (TPSA) is 128 Å². The zero-order valence-electron chi connectivity index (χ0n) is 11.7. The van der Waals surface area contributed by atoms with Crippen molar-refractivity contribution in [2.45, 2.75) is 13.8 Å². The lowest BCUT2D eigenvalue weighted by Crippen LogP contribution is -2.28. The van der Waals surface area contributed by atoms with E-state index in [0.29, 0.717) is 5.69 Å². The minimum Gasteiger partial charge on any atom is -0.376 e. The molecule has 21 heavy (non-hydrogen) atoms. The van der Waals surface area contributed by atoms with Crippen LogP contribution in [0.2, 0.25) is 0 Å². The summed E-state index contributed by atoms with van der Waals surface area (Å²) in [4.78, 5) is 12.0. The molecule has 0 aromatic heterocycles. The molecule has 1 aromatic rings. The van der Waals surface area contributed by atoms with Gasteiger partial charge in [-0.05, 0) is 37.7 Å². The molecule has 0 heterocycles. The second-order valence-corrected chi connectivity index (χ2v) is 5.23. The van der Waals surface area contributed by atoms with Crippen molar-refractivity contribution in [3.05, 3.63) is 30.3 Å². The molecule has 110 valence electrons. The average molecular weight is 304 g/mol. The minimum absolute atomic E-state index is 0.0310. The first-order valence-corrected chi connectivity index (χ1v) is 6.78. The van der Waals surface area contributed by atoms with E-state index >= 15 is 0 Å². The van der Waals surface area contributed by atoms with E-state index in [-0.39, 0.29) is 21.6 Å². The molecule has 0 radical (unpaired) electrons. The van der Waals surface area contributed by atoms with Gasteiger partial charge in [0.1, 0.15) is 0 Å². The van der Waals surface area contributed by atoms with Crippen LogP contribution in [0.5, 0.6) is 0 Å². The molecule has 0 fully saturated rings. The van der Waals surface area contributed by atoms with Crippen LogP contribution in [0.4, 0.5) is 5.69 Å². The predicted molar refractivity (Wildman–Crippen MR) is 88.5 cm³/mol. The summed E-state index contributed by atoms with van der Waals surface area (Å²) in [5, 5.41) is 25.1. The molecule has 1 aromatic carbocycles. The SMILES string of the molecule is CC(=N)SC(N)=NN=C(C(C)=N)C(=O)Nc1ccccc1. The minimum atomic E-state index is -0.540. The molecule has 0 saturated carbocycles. The lowest BCUT2D eigenvalue weighted by atomic mass is 10.2. The Balaban J connectivity index is 2.89. The molecule has 1 amide bonds. The van der Waals surface area contributed by atoms with Gasteiger partial charge in [-0.25, -0.2) is 0 Å². The number of benzene rings is 1. The van der Waals surface area contributed by atoms with Gasteiger partial charge in [0.25, 0.3) is 5.91 Å². The summed E-state index contributed by atoms with van der Waals surface area (Å²) < 4.78 is 0. The van der Waals surface area contributed by atoms with Crippen LogP contribution >= 0.6 is 11.8 Å². The molecule has 0 aliphatic carbocycles. The highest BCUT2D eigenvalue weighted by molar-refractivity contribution is 8.26. The summed E-state index contributed by atoms with van der Waals surface area (Å²) in [5.41, 5.74) is 5.97. The van der Waals surface area contributed by atoms with Crippen LogP contribution in [0.3, 0.4) is 0 Å². The van der Waals surface area contributed by atoms with Gasteiger partial charge in [-0.15, -0.1) is 10.2 Å². The molecule has 1 rings (SSSR count). The highest BCUT2D eigenvalue weighted by Crippen LogP contribution is 2.06. The number of para-hydroxylation sites is 1. The van der Waals surface area contributed by atoms with E-state index in [1.807, 2.05) is 6.07 Å². The quantitative estimate of drug-likeness (QED) is 0.386. The summed E-state index contributed by atoms with van der Waals surface area (Å²) in [7, 11) is 0. The number of hydrogen-bond donors (Lipinski definition) is 4. The summed E-state index contributed by atoms with van der Waals surface area (Å²) in [6.45, 7) is 2.99. The highest BCUT2D eigenvalue weighted by Gasteiger charge is 2.14. The van der Waals surface area contributed by atoms with Gasteiger partial charge >= 0.3 is 0 Å². The van der Waals surface area contributed by atoms with Gasteiger partial charge in [-0.1, -0.05) is 18.2 Å². The summed E-state index contributed by atoms with van der Waals surface area (Å²) in [6.07, 6.45) is 0. The van der Waals surface area contributed by atoms with Gasteiger partial charge in [0, 0.05) is 5.69 Å². The van der Waals surface area contributed by atoms with Crippen molar-refractivity contribution < 1.29 is 4.79 Å². The number of carbonyl (C=O) groups is 1. The third-order valence-electron chi connectivity index (χ3n) is 2.11. The van der Waals surface area contributed by atoms with E-state index in [1.54, 1.807) is 31.2 Å². The molecule has 0 aliphatic heterocycles. The Morgan fingerprint density at radius 2 is 1.81 bits per heavy atom. The Kier molecular flexibility index (Phi) is 6.28. The third-order valence-corrected chi connectivity index (χ3v) is 2.71. The van der Waals surface area contributed by atoms with Crippen LogP contribution in [0, 0.1) is 10.8 Å². The van der Waals surface area contributed by atoms with Gasteiger partial charge in [-0.2, -0.15) is 0 Å². The maximum atomic E-state index is 12.0. The normalized spacial score (nSPS) is 11.9. The Labute approximate surface area is 126 Å². The molecule has 8 heteroatoms. The fourth-order valence-corrected chi connectivity index (χ4v) is 1.67. The Morgan fingerprint density at radius 3 is 2.33 bits per heavy atom. The van der Waals surface area contributed by atoms with E-state index < -0.39 is 5.91 Å². The number of anilines is 1. The number of thioether (sulfide) groups is 1. The van der Waals surface area contributed by atoms with E-state index in [0.717, 1.165) is 11.8 Å². The predicted octanol–water partition coefficient (Wildman–Crippen LogP) is 2.07. The molecule has 0 atom stereocenters. The van der Waals surface area contributed by atoms with E-state index in [1.165, 1.54) is 6.92 Å². The van der Waals surface area contributed by atoms with Crippen molar-refractivity contribution in [2.24, 2.45) is 15.9 Å². The molecule has 5 N–H and O–H groups in total. The molecule has 0 spiro atoms. The van der Waals surface area contributed by atoms with E-state index in [2.05, 4.69) is 15.5 Å². The fraction of sp³-hybridized carbons (Fsp3) is 0.154. The number of nitrogens with two attached hydrogens (primary N) is 1. The first-order valence-electron chi connectivity index (χ1n) is 5.96. The van der Waals surface area contributed by atoms with E-state index in [4.69, 9.17) is 16.6 Å². The molecule has 7 nitrogen and oxygen atoms in total. The van der Waals surface area contributed by atoms with Crippen LogP contribution in [0.15, 0.2) is 40.5 Å². The Hall–Kier alpha value is -2.48. The fourth-order valence-electron chi connectivity index (χ4n) is 1.28. The second-order valence-electron chi connectivity index (χ2n) is 3.99. The van der Waals surface area contributed by atoms with Crippen molar-refractivity contribution in [1.82, 2.24) is 0 Å². The molecule has 0 bridgehead atoms. The van der Waals surface area contributed by atoms with Crippen LogP contribution < -0.4 is 11.1 Å². The summed E-state index contributed by atoms with van der Waals surface area (Å²) in [5.74, 6) is -0.540. The van der Waals surface area contributed by atoms with Gasteiger partial charge in [-0.3, -0.25) is 10.2 Å². The van der Waals surface area contributed by atoms with Gasteiger partial charge < -0.3 is 16.5 Å². The van der Waals surface area contributed by atoms with Crippen LogP contribution in [-0.4, -0.2) is 27.5 Å². The molecular formula is C13H16N6OS. The lowest BCUT2D eigenvalue weighted by molar-refractivity contribution is -0.110. The summed E-state index contributed by atoms with van der Waals surface area (Å²) >= 11 is 0.926. The van der Waals surface area contributed by atoms with Crippen LogP contribution in [0.1, 0.15) is 13.8 Å². The van der Waals surface area contributed by atoms with Gasteiger partial charge in [0.05, 0.1) is 10.8 Å². The van der Waals surface area contributed by atoms with E-state index in [9.17, 15) is 4.79 Å². The number of amidine groups is 1. The van der Waals surface area contributed by atoms with Crippen molar-refractivity contribution in [2.75, 3.05) is 5.32 Å². The molecule has 0 aliphatic rings. The smallest absolute Gasteiger partial charge is 0.278 e. The number of nitrogens with zero attached hydrogens (tertiary/aromatic N) is 2. The number of amides is 1. The van der Waals surface area contributed by atoms with Crippen molar-refractivity contribution in [1.29, 1.82) is 10.8 Å². The molecule has 0 unspecified atom stereocenters. The zero-order chi connectivity index (χ0) is 15.8. The number of carbonyl (C=O) groups excluding carboxylic acids is 1. The molecular weight excluding hydrogens is 288 g/mol. The third kappa shape index (κ3) is 6.00.